The van der Waals surface area contributed by atoms with Gasteiger partial charge in [-0.15, -0.1) is 0 Å². The number of carbonyl (C=O) groups excluding carboxylic acids is 2. The molecule has 0 aliphatic heterocycles. The molecule has 9 heteroatoms. The summed E-state index contributed by atoms with van der Waals surface area (Å²) >= 11 is 5.72. The Labute approximate surface area is 152 Å². The number of alkyl halides is 3. The van der Waals surface area contributed by atoms with Gasteiger partial charge in [0.05, 0.1) is 5.56 Å². The second-order valence-corrected chi connectivity index (χ2v) is 5.80. The van der Waals surface area contributed by atoms with Gasteiger partial charge in [-0.1, -0.05) is 11.6 Å². The zero-order valence-electron chi connectivity index (χ0n) is 13.5. The average Bonchev–Trinajstić information content (AvgIpc) is 2.55. The molecule has 0 aliphatic carbocycles. The largest absolute Gasteiger partial charge is 0.416 e. The van der Waals surface area contributed by atoms with E-state index in [2.05, 4.69) is 5.32 Å². The standard InChI is InChI=1S/C17H14ClF3N2O3/c1-10-6-11(8-12(7-10)17(19,20)21)16(25)23-26-9-15(24)22-14-4-2-13(18)3-5-14/h2-8H,9H2,1H3,(H,22,24)(H,23,25). The highest BCUT2D eigenvalue weighted by Gasteiger charge is 2.31. The first kappa shape index (κ1) is 19.7. The van der Waals surface area contributed by atoms with Crippen LogP contribution in [0.4, 0.5) is 18.9 Å². The van der Waals surface area contributed by atoms with E-state index in [0.29, 0.717) is 16.8 Å². The number of anilines is 1. The van der Waals surface area contributed by atoms with Gasteiger partial charge in [-0.2, -0.15) is 13.2 Å². The van der Waals surface area contributed by atoms with Crippen LogP contribution in [-0.4, -0.2) is 18.4 Å². The average molecular weight is 387 g/mol. The number of hydrogen-bond donors (Lipinski definition) is 2. The lowest BCUT2D eigenvalue weighted by Crippen LogP contribution is -2.29. The van der Waals surface area contributed by atoms with Crippen molar-refractivity contribution in [2.24, 2.45) is 0 Å². The van der Waals surface area contributed by atoms with Crippen LogP contribution in [0, 0.1) is 6.92 Å². The molecule has 0 aliphatic rings. The van der Waals surface area contributed by atoms with Crippen LogP contribution in [0.3, 0.4) is 0 Å². The summed E-state index contributed by atoms with van der Waals surface area (Å²) in [6, 6.07) is 9.22. The molecular weight excluding hydrogens is 373 g/mol. The monoisotopic (exact) mass is 386 g/mol. The van der Waals surface area contributed by atoms with Gasteiger partial charge in [-0.25, -0.2) is 5.48 Å². The molecule has 138 valence electrons. The van der Waals surface area contributed by atoms with Crippen molar-refractivity contribution in [3.8, 4) is 0 Å². The molecule has 0 atom stereocenters. The Morgan fingerprint density at radius 1 is 1.12 bits per heavy atom. The molecule has 0 spiro atoms. The quantitative estimate of drug-likeness (QED) is 0.764. The lowest BCUT2D eigenvalue weighted by Gasteiger charge is -2.11. The predicted molar refractivity (Wildman–Crippen MR) is 89.7 cm³/mol. The van der Waals surface area contributed by atoms with E-state index in [4.69, 9.17) is 16.4 Å². The summed E-state index contributed by atoms with van der Waals surface area (Å²) < 4.78 is 38.3. The highest BCUT2D eigenvalue weighted by atomic mass is 35.5. The van der Waals surface area contributed by atoms with E-state index in [1.165, 1.54) is 13.0 Å². The number of halogens is 4. The van der Waals surface area contributed by atoms with Gasteiger partial charge < -0.3 is 5.32 Å². The third-order valence-electron chi connectivity index (χ3n) is 3.16. The number of hydrogen-bond acceptors (Lipinski definition) is 3. The summed E-state index contributed by atoms with van der Waals surface area (Å²) in [5, 5.41) is 3.00. The van der Waals surface area contributed by atoms with Crippen LogP contribution in [-0.2, 0) is 15.8 Å². The first-order valence-electron chi connectivity index (χ1n) is 7.31. The smallest absolute Gasteiger partial charge is 0.324 e. The maximum absolute atomic E-state index is 12.8. The fourth-order valence-corrected chi connectivity index (χ4v) is 2.16. The molecule has 0 heterocycles. The molecule has 2 amide bonds. The first-order chi connectivity index (χ1) is 12.1. The maximum atomic E-state index is 12.8. The van der Waals surface area contributed by atoms with E-state index in [-0.39, 0.29) is 11.1 Å². The second kappa shape index (κ2) is 8.20. The van der Waals surface area contributed by atoms with E-state index in [1.54, 1.807) is 24.3 Å². The maximum Gasteiger partial charge on any atom is 0.416 e. The lowest BCUT2D eigenvalue weighted by atomic mass is 10.1. The Balaban J connectivity index is 1.89. The van der Waals surface area contributed by atoms with Crippen LogP contribution in [0.2, 0.25) is 5.02 Å². The molecule has 0 radical (unpaired) electrons. The predicted octanol–water partition coefficient (Wildman–Crippen LogP) is 3.97. The van der Waals surface area contributed by atoms with Gasteiger partial charge in [0, 0.05) is 16.3 Å². The number of aryl methyl sites for hydroxylation is 1. The lowest BCUT2D eigenvalue weighted by molar-refractivity contribution is -0.137. The number of hydroxylamine groups is 1. The van der Waals surface area contributed by atoms with Crippen molar-refractivity contribution in [2.75, 3.05) is 11.9 Å². The molecule has 0 fully saturated rings. The Hall–Kier alpha value is -2.58. The molecule has 0 unspecified atom stereocenters. The molecule has 2 N–H and O–H groups in total. The van der Waals surface area contributed by atoms with Crippen molar-refractivity contribution in [2.45, 2.75) is 13.1 Å². The van der Waals surface area contributed by atoms with E-state index >= 15 is 0 Å². The van der Waals surface area contributed by atoms with Crippen molar-refractivity contribution in [1.29, 1.82) is 0 Å². The minimum absolute atomic E-state index is 0.226. The number of rotatable bonds is 5. The van der Waals surface area contributed by atoms with Crippen molar-refractivity contribution >= 4 is 29.1 Å². The van der Waals surface area contributed by atoms with E-state index in [0.717, 1.165) is 6.07 Å². The minimum Gasteiger partial charge on any atom is -0.324 e. The molecule has 2 rings (SSSR count). The number of carbonyl (C=O) groups is 2. The third-order valence-corrected chi connectivity index (χ3v) is 3.41. The molecule has 5 nitrogen and oxygen atoms in total. The van der Waals surface area contributed by atoms with Crippen molar-refractivity contribution in [1.82, 2.24) is 5.48 Å². The van der Waals surface area contributed by atoms with Gasteiger partial charge >= 0.3 is 6.18 Å². The van der Waals surface area contributed by atoms with E-state index < -0.39 is 30.2 Å². The Morgan fingerprint density at radius 2 is 1.77 bits per heavy atom. The van der Waals surface area contributed by atoms with Gasteiger partial charge in [0.1, 0.15) is 0 Å². The molecular formula is C17H14ClF3N2O3. The van der Waals surface area contributed by atoms with E-state index in [1.807, 2.05) is 5.48 Å². The Morgan fingerprint density at radius 3 is 2.38 bits per heavy atom. The van der Waals surface area contributed by atoms with Crippen LogP contribution in [0.25, 0.3) is 0 Å². The van der Waals surface area contributed by atoms with Crippen LogP contribution in [0.5, 0.6) is 0 Å². The zero-order chi connectivity index (χ0) is 19.3. The van der Waals surface area contributed by atoms with Crippen molar-refractivity contribution in [3.63, 3.8) is 0 Å². The first-order valence-corrected chi connectivity index (χ1v) is 7.69. The summed E-state index contributed by atoms with van der Waals surface area (Å²) in [5.41, 5.74) is 1.52. The highest BCUT2D eigenvalue weighted by Crippen LogP contribution is 2.30. The third kappa shape index (κ3) is 5.75. The van der Waals surface area contributed by atoms with Crippen molar-refractivity contribution < 1.29 is 27.6 Å². The zero-order valence-corrected chi connectivity index (χ0v) is 14.2. The Bertz CT molecular complexity index is 808. The number of amides is 2. The molecule has 0 saturated carbocycles. The summed E-state index contributed by atoms with van der Waals surface area (Å²) in [7, 11) is 0. The fourth-order valence-electron chi connectivity index (χ4n) is 2.03. The molecule has 0 saturated heterocycles. The summed E-state index contributed by atoms with van der Waals surface area (Å²) in [5.74, 6) is -1.45. The van der Waals surface area contributed by atoms with Crippen LogP contribution in [0.1, 0.15) is 21.5 Å². The summed E-state index contributed by atoms with van der Waals surface area (Å²) in [4.78, 5) is 28.3. The van der Waals surface area contributed by atoms with Gasteiger partial charge in [0.25, 0.3) is 11.8 Å². The van der Waals surface area contributed by atoms with E-state index in [9.17, 15) is 22.8 Å². The van der Waals surface area contributed by atoms with Gasteiger partial charge in [0.2, 0.25) is 0 Å². The molecule has 2 aromatic carbocycles. The van der Waals surface area contributed by atoms with Crippen LogP contribution >= 0.6 is 11.6 Å². The summed E-state index contributed by atoms with van der Waals surface area (Å²) in [6.45, 7) is 0.915. The van der Waals surface area contributed by atoms with Gasteiger partial charge in [-0.3, -0.25) is 14.4 Å². The highest BCUT2D eigenvalue weighted by molar-refractivity contribution is 6.30. The van der Waals surface area contributed by atoms with Crippen molar-refractivity contribution in [3.05, 3.63) is 64.2 Å². The Kier molecular flexibility index (Phi) is 6.23. The topological polar surface area (TPSA) is 67.4 Å². The molecule has 2 aromatic rings. The normalized spacial score (nSPS) is 11.1. The molecule has 0 aromatic heterocycles. The molecule has 0 bridgehead atoms. The van der Waals surface area contributed by atoms with Crippen LogP contribution < -0.4 is 10.8 Å². The number of nitrogens with one attached hydrogen (secondary N) is 2. The number of benzene rings is 2. The van der Waals surface area contributed by atoms with Gasteiger partial charge in [-0.05, 0) is 55.0 Å². The van der Waals surface area contributed by atoms with Crippen LogP contribution in [0.15, 0.2) is 42.5 Å². The second-order valence-electron chi connectivity index (χ2n) is 5.36. The summed E-state index contributed by atoms with van der Waals surface area (Å²) in [6.07, 6.45) is -4.57. The fraction of sp³-hybridized carbons (Fsp3) is 0.176. The minimum atomic E-state index is -4.57. The van der Waals surface area contributed by atoms with Gasteiger partial charge in [0.15, 0.2) is 6.61 Å². The SMILES string of the molecule is Cc1cc(C(=O)NOCC(=O)Nc2ccc(Cl)cc2)cc(C(F)(F)F)c1. The molecule has 26 heavy (non-hydrogen) atoms.